The Kier molecular flexibility index (Phi) is 8.08. The third kappa shape index (κ3) is 5.71. The van der Waals surface area contributed by atoms with E-state index in [9.17, 15) is 5.11 Å². The van der Waals surface area contributed by atoms with Gasteiger partial charge in [0.05, 0.1) is 6.61 Å². The van der Waals surface area contributed by atoms with E-state index in [0.29, 0.717) is 6.61 Å². The SMILES string of the molecule is CCN(CC)CCNC1(CO)CCCC(CC(C)C)C1. The molecule has 1 saturated carbocycles. The molecule has 2 atom stereocenters. The van der Waals surface area contributed by atoms with Crippen LogP contribution in [0.15, 0.2) is 0 Å². The number of likely N-dealkylation sites (N-methyl/N-ethyl adjacent to an activating group) is 1. The highest BCUT2D eigenvalue weighted by molar-refractivity contribution is 4.93. The molecule has 2 unspecified atom stereocenters. The molecule has 1 aliphatic rings. The minimum Gasteiger partial charge on any atom is -0.394 e. The molecule has 0 aromatic carbocycles. The van der Waals surface area contributed by atoms with Gasteiger partial charge in [-0.2, -0.15) is 0 Å². The molecule has 3 heteroatoms. The Bertz CT molecular complexity index is 253. The van der Waals surface area contributed by atoms with Gasteiger partial charge in [-0.3, -0.25) is 0 Å². The summed E-state index contributed by atoms with van der Waals surface area (Å²) < 4.78 is 0. The van der Waals surface area contributed by atoms with Gasteiger partial charge in [0.25, 0.3) is 0 Å². The Labute approximate surface area is 126 Å². The second-order valence-corrected chi connectivity index (χ2v) is 6.98. The van der Waals surface area contributed by atoms with Gasteiger partial charge >= 0.3 is 0 Å². The standard InChI is InChI=1S/C17H36N2O/c1-5-19(6-2)11-10-18-17(14-20)9-7-8-16(13-17)12-15(3)4/h15-16,18,20H,5-14H2,1-4H3. The summed E-state index contributed by atoms with van der Waals surface area (Å²) in [6.45, 7) is 13.6. The van der Waals surface area contributed by atoms with Crippen LogP contribution in [0.5, 0.6) is 0 Å². The summed E-state index contributed by atoms with van der Waals surface area (Å²) in [7, 11) is 0. The van der Waals surface area contributed by atoms with Gasteiger partial charge in [-0.05, 0) is 44.2 Å². The van der Waals surface area contributed by atoms with E-state index < -0.39 is 0 Å². The van der Waals surface area contributed by atoms with E-state index in [2.05, 4.69) is 37.9 Å². The largest absolute Gasteiger partial charge is 0.394 e. The molecule has 1 aliphatic carbocycles. The molecule has 0 aliphatic heterocycles. The normalized spacial score (nSPS) is 27.4. The van der Waals surface area contributed by atoms with E-state index in [0.717, 1.165) is 50.9 Å². The first-order valence-electron chi connectivity index (χ1n) is 8.63. The van der Waals surface area contributed by atoms with Crippen LogP contribution in [-0.2, 0) is 0 Å². The molecule has 0 aromatic rings. The first-order valence-corrected chi connectivity index (χ1v) is 8.63. The van der Waals surface area contributed by atoms with Crippen LogP contribution in [0.2, 0.25) is 0 Å². The van der Waals surface area contributed by atoms with Gasteiger partial charge in [-0.25, -0.2) is 0 Å². The van der Waals surface area contributed by atoms with Crippen molar-refractivity contribution < 1.29 is 5.11 Å². The topological polar surface area (TPSA) is 35.5 Å². The summed E-state index contributed by atoms with van der Waals surface area (Å²) >= 11 is 0. The molecule has 1 rings (SSSR count). The smallest absolute Gasteiger partial charge is 0.0613 e. The van der Waals surface area contributed by atoms with Gasteiger partial charge in [0.2, 0.25) is 0 Å². The van der Waals surface area contributed by atoms with Crippen molar-refractivity contribution in [1.29, 1.82) is 0 Å². The van der Waals surface area contributed by atoms with Gasteiger partial charge in [0, 0.05) is 18.6 Å². The maximum Gasteiger partial charge on any atom is 0.0613 e. The highest BCUT2D eigenvalue weighted by Crippen LogP contribution is 2.35. The Morgan fingerprint density at radius 1 is 1.30 bits per heavy atom. The molecule has 120 valence electrons. The molecule has 0 heterocycles. The van der Waals surface area contributed by atoms with Crippen LogP contribution < -0.4 is 5.32 Å². The Morgan fingerprint density at radius 2 is 2.00 bits per heavy atom. The summed E-state index contributed by atoms with van der Waals surface area (Å²) in [4.78, 5) is 2.44. The number of nitrogens with one attached hydrogen (secondary N) is 1. The molecule has 0 amide bonds. The highest BCUT2D eigenvalue weighted by Gasteiger charge is 2.35. The lowest BCUT2D eigenvalue weighted by Crippen LogP contribution is -2.53. The zero-order valence-electron chi connectivity index (χ0n) is 14.1. The lowest BCUT2D eigenvalue weighted by atomic mass is 9.73. The molecule has 0 aromatic heterocycles. The maximum atomic E-state index is 9.90. The van der Waals surface area contributed by atoms with Crippen molar-refractivity contribution in [2.75, 3.05) is 32.8 Å². The van der Waals surface area contributed by atoms with Crippen LogP contribution in [0, 0.1) is 11.8 Å². The van der Waals surface area contributed by atoms with Crippen LogP contribution in [0.1, 0.15) is 59.8 Å². The summed E-state index contributed by atoms with van der Waals surface area (Å²) in [6, 6.07) is 0. The third-order valence-corrected chi connectivity index (χ3v) is 4.88. The maximum absolute atomic E-state index is 9.90. The zero-order chi connectivity index (χ0) is 15.0. The molecule has 0 spiro atoms. The van der Waals surface area contributed by atoms with Crippen molar-refractivity contribution in [2.24, 2.45) is 11.8 Å². The minimum atomic E-state index is -0.00897. The van der Waals surface area contributed by atoms with Gasteiger partial charge in [-0.1, -0.05) is 40.5 Å². The lowest BCUT2D eigenvalue weighted by molar-refractivity contribution is 0.0862. The number of rotatable bonds is 9. The summed E-state index contributed by atoms with van der Waals surface area (Å²) in [5, 5.41) is 13.6. The van der Waals surface area contributed by atoms with E-state index in [1.54, 1.807) is 0 Å². The third-order valence-electron chi connectivity index (χ3n) is 4.88. The number of hydrogen-bond acceptors (Lipinski definition) is 3. The number of aliphatic hydroxyl groups excluding tert-OH is 1. The number of hydrogen-bond donors (Lipinski definition) is 2. The first-order chi connectivity index (χ1) is 9.55. The average molecular weight is 284 g/mol. The summed E-state index contributed by atoms with van der Waals surface area (Å²) in [6.07, 6.45) is 6.20. The van der Waals surface area contributed by atoms with Gasteiger partial charge in [0.15, 0.2) is 0 Å². The van der Waals surface area contributed by atoms with Crippen LogP contribution in [0.3, 0.4) is 0 Å². The fraction of sp³-hybridized carbons (Fsp3) is 1.00. The van der Waals surface area contributed by atoms with Gasteiger partial charge in [0.1, 0.15) is 0 Å². The van der Waals surface area contributed by atoms with Crippen LogP contribution in [0.25, 0.3) is 0 Å². The second kappa shape index (κ2) is 9.01. The van der Waals surface area contributed by atoms with Crippen molar-refractivity contribution in [3.63, 3.8) is 0 Å². The number of nitrogens with zero attached hydrogens (tertiary/aromatic N) is 1. The summed E-state index contributed by atoms with van der Waals surface area (Å²) in [5.41, 5.74) is -0.00897. The van der Waals surface area contributed by atoms with E-state index in [4.69, 9.17) is 0 Å². The molecular weight excluding hydrogens is 248 g/mol. The molecule has 0 saturated heterocycles. The lowest BCUT2D eigenvalue weighted by Gasteiger charge is -2.41. The Morgan fingerprint density at radius 3 is 2.55 bits per heavy atom. The van der Waals surface area contributed by atoms with Crippen molar-refractivity contribution >= 4 is 0 Å². The van der Waals surface area contributed by atoms with Gasteiger partial charge in [-0.15, -0.1) is 0 Å². The number of aliphatic hydroxyl groups is 1. The quantitative estimate of drug-likeness (QED) is 0.683. The predicted octanol–water partition coefficient (Wildman–Crippen LogP) is 2.89. The van der Waals surface area contributed by atoms with Crippen molar-refractivity contribution in [3.8, 4) is 0 Å². The van der Waals surface area contributed by atoms with E-state index in [1.165, 1.54) is 19.3 Å². The molecule has 2 N–H and O–H groups in total. The fourth-order valence-electron chi connectivity index (χ4n) is 3.73. The molecule has 0 radical (unpaired) electrons. The van der Waals surface area contributed by atoms with E-state index >= 15 is 0 Å². The molecular formula is C17H36N2O. The first kappa shape index (κ1) is 17.9. The zero-order valence-corrected chi connectivity index (χ0v) is 14.1. The van der Waals surface area contributed by atoms with Crippen LogP contribution >= 0.6 is 0 Å². The highest BCUT2D eigenvalue weighted by atomic mass is 16.3. The van der Waals surface area contributed by atoms with E-state index in [1.807, 2.05) is 0 Å². The summed E-state index contributed by atoms with van der Waals surface area (Å²) in [5.74, 6) is 1.56. The average Bonchev–Trinajstić information content (AvgIpc) is 2.43. The predicted molar refractivity (Wildman–Crippen MR) is 87.0 cm³/mol. The fourth-order valence-corrected chi connectivity index (χ4v) is 3.73. The second-order valence-electron chi connectivity index (χ2n) is 6.98. The van der Waals surface area contributed by atoms with E-state index in [-0.39, 0.29) is 5.54 Å². The van der Waals surface area contributed by atoms with Crippen LogP contribution in [-0.4, -0.2) is 48.3 Å². The van der Waals surface area contributed by atoms with Gasteiger partial charge < -0.3 is 15.3 Å². The Hall–Kier alpha value is -0.120. The molecule has 1 fully saturated rings. The van der Waals surface area contributed by atoms with Crippen molar-refractivity contribution in [2.45, 2.75) is 65.3 Å². The van der Waals surface area contributed by atoms with Crippen molar-refractivity contribution in [3.05, 3.63) is 0 Å². The van der Waals surface area contributed by atoms with Crippen molar-refractivity contribution in [1.82, 2.24) is 10.2 Å². The molecule has 20 heavy (non-hydrogen) atoms. The monoisotopic (exact) mass is 284 g/mol. The minimum absolute atomic E-state index is 0.00897. The Balaban J connectivity index is 2.45. The molecule has 0 bridgehead atoms. The van der Waals surface area contributed by atoms with Crippen LogP contribution in [0.4, 0.5) is 0 Å². The molecule has 3 nitrogen and oxygen atoms in total.